The molecule has 0 spiro atoms. The molecule has 0 atom stereocenters. The van der Waals surface area contributed by atoms with Gasteiger partial charge in [-0.15, -0.1) is 0 Å². The number of methoxy groups -OCH3 is 1. The number of nitrogens with one attached hydrogen (secondary N) is 2. The van der Waals surface area contributed by atoms with Crippen molar-refractivity contribution in [1.29, 1.82) is 0 Å². The number of ether oxygens (including phenoxy) is 1. The molecule has 4 aromatic carbocycles. The number of rotatable bonds is 8. The van der Waals surface area contributed by atoms with Gasteiger partial charge in [-0.1, -0.05) is 48.5 Å². The summed E-state index contributed by atoms with van der Waals surface area (Å²) in [5.41, 5.74) is 13.3. The summed E-state index contributed by atoms with van der Waals surface area (Å²) in [6.07, 6.45) is 1.85. The maximum Gasteiger partial charge on any atom is 0.258 e. The Morgan fingerprint density at radius 2 is 1.45 bits per heavy atom. The Kier molecular flexibility index (Phi) is 8.96. The third kappa shape index (κ3) is 7.14. The normalized spacial score (nSPS) is 11.2. The summed E-state index contributed by atoms with van der Waals surface area (Å²) < 4.78 is 5.36. The maximum atomic E-state index is 13.0. The molecule has 40 heavy (non-hydrogen) atoms. The van der Waals surface area contributed by atoms with Gasteiger partial charge in [-0.05, 0) is 97.8 Å². The summed E-state index contributed by atoms with van der Waals surface area (Å²) in [4.78, 5) is 30.0. The topological polar surface area (TPSA) is 106 Å². The van der Waals surface area contributed by atoms with Crippen LogP contribution in [-0.4, -0.2) is 24.9 Å². The molecular formula is C33H34N4O3. The van der Waals surface area contributed by atoms with Gasteiger partial charge in [-0.2, -0.15) is 0 Å². The molecule has 4 N–H and O–H groups in total. The van der Waals surface area contributed by atoms with Gasteiger partial charge in [0.25, 0.3) is 11.8 Å². The van der Waals surface area contributed by atoms with E-state index >= 15 is 0 Å². The smallest absolute Gasteiger partial charge is 0.258 e. The minimum Gasteiger partial charge on any atom is -0.496 e. The van der Waals surface area contributed by atoms with Gasteiger partial charge < -0.3 is 15.8 Å². The molecule has 0 fully saturated rings. The van der Waals surface area contributed by atoms with Crippen molar-refractivity contribution in [3.05, 3.63) is 124 Å². The highest BCUT2D eigenvalue weighted by molar-refractivity contribution is 6.07. The molecule has 0 saturated heterocycles. The van der Waals surface area contributed by atoms with Crippen molar-refractivity contribution >= 4 is 29.1 Å². The highest BCUT2D eigenvalue weighted by Gasteiger charge is 2.13. The second-order valence-electron chi connectivity index (χ2n) is 9.71. The number of nitrogens with zero attached hydrogens (tertiary/aromatic N) is 1. The monoisotopic (exact) mass is 534 g/mol. The van der Waals surface area contributed by atoms with Crippen LogP contribution >= 0.6 is 0 Å². The zero-order valence-corrected chi connectivity index (χ0v) is 23.2. The van der Waals surface area contributed by atoms with E-state index in [1.807, 2.05) is 69.3 Å². The van der Waals surface area contributed by atoms with E-state index < -0.39 is 5.91 Å². The van der Waals surface area contributed by atoms with Crippen molar-refractivity contribution < 1.29 is 14.3 Å². The molecule has 0 saturated carbocycles. The zero-order valence-electron chi connectivity index (χ0n) is 23.2. The van der Waals surface area contributed by atoms with E-state index in [-0.39, 0.29) is 11.9 Å². The van der Waals surface area contributed by atoms with Gasteiger partial charge in [-0.3, -0.25) is 14.9 Å². The number of carbonyl (C=O) groups excluding carboxylic acids is 2. The Hall–Kier alpha value is -4.91. The van der Waals surface area contributed by atoms with Crippen LogP contribution in [0, 0.1) is 20.8 Å². The Labute approximate surface area is 235 Å². The second kappa shape index (κ2) is 12.8. The number of aliphatic imine (C=N–C) groups is 1. The summed E-state index contributed by atoms with van der Waals surface area (Å²) in [6, 6.07) is 26.7. The van der Waals surface area contributed by atoms with Crippen molar-refractivity contribution in [3.63, 3.8) is 0 Å². The number of benzene rings is 4. The number of aryl methyl sites for hydroxylation is 4. The standard InChI is InChI=1S/C33H34N4O3/c1-21-10-17-28(35-33(34)37-32(39)27-18-22(2)23(3)30(19-27)40-4)20-29(21)36-31(38)26-15-13-25(14-16-26)12-11-24-8-6-5-7-9-24/h5-10,13-20H,11-12H2,1-4H3,(H,36,38)(H3,34,35,37,39). The van der Waals surface area contributed by atoms with Crippen LogP contribution in [0.3, 0.4) is 0 Å². The van der Waals surface area contributed by atoms with E-state index in [0.29, 0.717) is 28.3 Å². The highest BCUT2D eigenvalue weighted by atomic mass is 16.5. The Bertz CT molecular complexity index is 1540. The number of anilines is 1. The first-order chi connectivity index (χ1) is 19.2. The Morgan fingerprint density at radius 3 is 2.12 bits per heavy atom. The molecular weight excluding hydrogens is 500 g/mol. The number of amides is 2. The lowest BCUT2D eigenvalue weighted by molar-refractivity contribution is 0.0975. The summed E-state index contributed by atoms with van der Waals surface area (Å²) >= 11 is 0. The molecule has 0 radical (unpaired) electrons. The van der Waals surface area contributed by atoms with Gasteiger partial charge in [0, 0.05) is 16.8 Å². The van der Waals surface area contributed by atoms with Gasteiger partial charge >= 0.3 is 0 Å². The summed E-state index contributed by atoms with van der Waals surface area (Å²) in [6.45, 7) is 5.74. The SMILES string of the molecule is COc1cc(C(=O)NC(N)=Nc2ccc(C)c(NC(=O)c3ccc(CCc4ccccc4)cc3)c2)cc(C)c1C. The van der Waals surface area contributed by atoms with Crippen LogP contribution in [-0.2, 0) is 12.8 Å². The first kappa shape index (κ1) is 28.1. The lowest BCUT2D eigenvalue weighted by atomic mass is 10.0. The predicted octanol–water partition coefficient (Wildman–Crippen LogP) is 6.03. The number of carbonyl (C=O) groups is 2. The minimum atomic E-state index is -0.393. The van der Waals surface area contributed by atoms with Crippen LogP contribution in [0.15, 0.2) is 89.9 Å². The van der Waals surface area contributed by atoms with Gasteiger partial charge in [0.05, 0.1) is 12.8 Å². The average Bonchev–Trinajstić information content (AvgIpc) is 2.95. The predicted molar refractivity (Wildman–Crippen MR) is 161 cm³/mol. The van der Waals surface area contributed by atoms with Gasteiger partial charge in [0.2, 0.25) is 5.96 Å². The van der Waals surface area contributed by atoms with E-state index in [1.54, 1.807) is 31.4 Å². The lowest BCUT2D eigenvalue weighted by Crippen LogP contribution is -2.36. The van der Waals surface area contributed by atoms with Gasteiger partial charge in [0.1, 0.15) is 5.75 Å². The van der Waals surface area contributed by atoms with Gasteiger partial charge in [0.15, 0.2) is 0 Å². The fourth-order valence-electron chi connectivity index (χ4n) is 4.29. The van der Waals surface area contributed by atoms with Crippen molar-refractivity contribution in [3.8, 4) is 5.75 Å². The molecule has 204 valence electrons. The molecule has 4 rings (SSSR count). The average molecular weight is 535 g/mol. The van der Waals surface area contributed by atoms with Crippen molar-refractivity contribution in [2.45, 2.75) is 33.6 Å². The molecule has 0 aromatic heterocycles. The first-order valence-corrected chi connectivity index (χ1v) is 13.1. The Morgan fingerprint density at radius 1 is 0.775 bits per heavy atom. The number of hydrogen-bond donors (Lipinski definition) is 3. The largest absolute Gasteiger partial charge is 0.496 e. The molecule has 0 unspecified atom stereocenters. The molecule has 0 heterocycles. The van der Waals surface area contributed by atoms with Crippen molar-refractivity contribution in [2.75, 3.05) is 12.4 Å². The van der Waals surface area contributed by atoms with E-state index in [4.69, 9.17) is 10.5 Å². The van der Waals surface area contributed by atoms with Gasteiger partial charge in [-0.25, -0.2) is 4.99 Å². The van der Waals surface area contributed by atoms with E-state index in [0.717, 1.165) is 29.5 Å². The maximum absolute atomic E-state index is 13.0. The second-order valence-corrected chi connectivity index (χ2v) is 9.71. The van der Waals surface area contributed by atoms with Crippen LogP contribution in [0.5, 0.6) is 5.75 Å². The summed E-state index contributed by atoms with van der Waals surface area (Å²) in [5.74, 6) is -0.0462. The molecule has 0 bridgehead atoms. The number of guanidine groups is 1. The summed E-state index contributed by atoms with van der Waals surface area (Å²) in [5, 5.41) is 5.57. The Balaban J connectivity index is 1.40. The van der Waals surface area contributed by atoms with Crippen LogP contribution in [0.25, 0.3) is 0 Å². The van der Waals surface area contributed by atoms with E-state index in [9.17, 15) is 9.59 Å². The third-order valence-electron chi connectivity index (χ3n) is 6.82. The van der Waals surface area contributed by atoms with Crippen LogP contribution in [0.1, 0.15) is 48.5 Å². The highest BCUT2D eigenvalue weighted by Crippen LogP contribution is 2.25. The minimum absolute atomic E-state index is 0.0607. The fourth-order valence-corrected chi connectivity index (χ4v) is 4.29. The molecule has 2 amide bonds. The third-order valence-corrected chi connectivity index (χ3v) is 6.82. The van der Waals surface area contributed by atoms with Crippen LogP contribution < -0.4 is 21.1 Å². The van der Waals surface area contributed by atoms with E-state index in [2.05, 4.69) is 27.8 Å². The quantitative estimate of drug-likeness (QED) is 0.189. The summed E-state index contributed by atoms with van der Waals surface area (Å²) in [7, 11) is 1.56. The van der Waals surface area contributed by atoms with Crippen LogP contribution in [0.4, 0.5) is 11.4 Å². The van der Waals surface area contributed by atoms with Crippen LogP contribution in [0.2, 0.25) is 0 Å². The molecule has 0 aliphatic carbocycles. The lowest BCUT2D eigenvalue weighted by Gasteiger charge is -2.12. The molecule has 7 nitrogen and oxygen atoms in total. The molecule has 4 aromatic rings. The van der Waals surface area contributed by atoms with E-state index in [1.165, 1.54) is 11.1 Å². The van der Waals surface area contributed by atoms with Crippen molar-refractivity contribution in [1.82, 2.24) is 5.32 Å². The first-order valence-electron chi connectivity index (χ1n) is 13.1. The van der Waals surface area contributed by atoms with Crippen molar-refractivity contribution in [2.24, 2.45) is 10.7 Å². The molecule has 7 heteroatoms. The molecule has 0 aliphatic rings. The fraction of sp³-hybridized carbons (Fsp3) is 0.182. The zero-order chi connectivity index (χ0) is 28.6. The number of hydrogen-bond acceptors (Lipinski definition) is 4. The number of nitrogens with two attached hydrogens (primary N) is 1. The molecule has 0 aliphatic heterocycles.